The molecule has 3 rings (SSSR count). The van der Waals surface area contributed by atoms with E-state index in [1.807, 2.05) is 6.07 Å². The van der Waals surface area contributed by atoms with Gasteiger partial charge in [0.1, 0.15) is 23.2 Å². The maximum absolute atomic E-state index is 12.5. The first-order valence-electron chi connectivity index (χ1n) is 9.41. The van der Waals surface area contributed by atoms with Crippen molar-refractivity contribution in [3.8, 4) is 0 Å². The van der Waals surface area contributed by atoms with Gasteiger partial charge in [0.15, 0.2) is 5.78 Å². The quantitative estimate of drug-likeness (QED) is 0.238. The number of nitrogens with zero attached hydrogens (tertiary/aromatic N) is 1. The number of β-lactam (4-membered cyclic amide) rings is 1. The summed E-state index contributed by atoms with van der Waals surface area (Å²) in [5, 5.41) is 21.8. The second-order valence-electron chi connectivity index (χ2n) is 7.00. The first-order valence-corrected chi connectivity index (χ1v) is 11.6. The molecule has 0 bridgehead atoms. The van der Waals surface area contributed by atoms with Crippen molar-refractivity contribution in [2.24, 2.45) is 0 Å². The number of hydrogen-bond acceptors (Lipinski definition) is 7. The van der Waals surface area contributed by atoms with E-state index in [2.05, 4.69) is 21.2 Å². The molecule has 2 amide bonds. The van der Waals surface area contributed by atoms with Gasteiger partial charge in [0.2, 0.25) is 5.91 Å². The molecule has 0 saturated carbocycles. The number of amides is 2. The summed E-state index contributed by atoms with van der Waals surface area (Å²) in [5.41, 5.74) is 0.939. The molecule has 2 unspecified atom stereocenters. The van der Waals surface area contributed by atoms with Crippen molar-refractivity contribution in [1.82, 2.24) is 10.2 Å². The van der Waals surface area contributed by atoms with Crippen molar-refractivity contribution in [3.05, 3.63) is 47.2 Å². The number of aliphatic hydroxyl groups excluding tert-OH is 1. The average Bonchev–Trinajstić information content (AvgIpc) is 2.77. The molecule has 1 aromatic rings. The van der Waals surface area contributed by atoms with Gasteiger partial charge in [-0.15, -0.1) is 11.8 Å². The van der Waals surface area contributed by atoms with Gasteiger partial charge in [-0.1, -0.05) is 46.3 Å². The molecule has 1 saturated heterocycles. The van der Waals surface area contributed by atoms with Crippen LogP contribution in [-0.4, -0.2) is 74.4 Å². The smallest absolute Gasteiger partial charge is 0.352 e. The number of carboxylic acids is 1. The highest BCUT2D eigenvalue weighted by atomic mass is 79.9. The molecule has 0 radical (unpaired) electrons. The summed E-state index contributed by atoms with van der Waals surface area (Å²) in [4.78, 5) is 48.8. The lowest BCUT2D eigenvalue weighted by molar-refractivity contribution is -0.151. The zero-order valence-electron chi connectivity index (χ0n) is 16.3. The molecule has 11 heteroatoms. The number of carbonyl (C=O) groups is 4. The summed E-state index contributed by atoms with van der Waals surface area (Å²) in [6.45, 7) is -0.0749. The Morgan fingerprint density at radius 2 is 2.00 bits per heavy atom. The van der Waals surface area contributed by atoms with E-state index < -0.39 is 35.3 Å². The van der Waals surface area contributed by atoms with E-state index in [0.29, 0.717) is 16.9 Å². The largest absolute Gasteiger partial charge is 0.477 e. The van der Waals surface area contributed by atoms with Gasteiger partial charge in [0.05, 0.1) is 25.0 Å². The fourth-order valence-electron chi connectivity index (χ4n) is 3.31. The Bertz CT molecular complexity index is 908. The van der Waals surface area contributed by atoms with Crippen molar-refractivity contribution in [2.75, 3.05) is 24.3 Å². The van der Waals surface area contributed by atoms with E-state index in [9.17, 15) is 29.4 Å². The molecule has 9 nitrogen and oxygen atoms in total. The number of aliphatic hydroxyl groups is 1. The Hall–Kier alpha value is -2.21. The highest BCUT2D eigenvalue weighted by Gasteiger charge is 2.54. The van der Waals surface area contributed by atoms with Gasteiger partial charge < -0.3 is 20.3 Å². The van der Waals surface area contributed by atoms with Crippen LogP contribution in [0.3, 0.4) is 0 Å². The molecule has 1 fully saturated rings. The monoisotopic (exact) mass is 512 g/mol. The van der Waals surface area contributed by atoms with Crippen molar-refractivity contribution in [3.63, 3.8) is 0 Å². The van der Waals surface area contributed by atoms with Gasteiger partial charge in [-0.05, 0) is 11.1 Å². The van der Waals surface area contributed by atoms with E-state index in [0.717, 1.165) is 4.90 Å². The molecular formula is C20H21BrN2O7S. The number of carbonyl (C=O) groups excluding carboxylic acids is 3. The molecule has 0 aromatic heterocycles. The second kappa shape index (κ2) is 10.4. The number of benzene rings is 1. The van der Waals surface area contributed by atoms with Crippen molar-refractivity contribution >= 4 is 51.3 Å². The number of hydrogen-bond donors (Lipinski definition) is 3. The third-order valence-corrected chi connectivity index (χ3v) is 6.77. The maximum Gasteiger partial charge on any atom is 0.352 e. The number of alkyl halides is 1. The fourth-order valence-corrected chi connectivity index (χ4v) is 4.84. The molecule has 2 aliphatic rings. The van der Waals surface area contributed by atoms with Gasteiger partial charge in [-0.25, -0.2) is 4.79 Å². The normalized spacial score (nSPS) is 21.2. The van der Waals surface area contributed by atoms with Crippen LogP contribution in [0.15, 0.2) is 41.6 Å². The summed E-state index contributed by atoms with van der Waals surface area (Å²) in [7, 11) is 0. The van der Waals surface area contributed by atoms with Crippen LogP contribution in [0.25, 0.3) is 0 Å². The van der Waals surface area contributed by atoms with E-state index in [4.69, 9.17) is 4.74 Å². The number of rotatable bonds is 10. The molecule has 31 heavy (non-hydrogen) atoms. The summed E-state index contributed by atoms with van der Waals surface area (Å²) in [5.74, 6) is -2.41. The maximum atomic E-state index is 12.5. The van der Waals surface area contributed by atoms with Crippen molar-refractivity contribution in [2.45, 2.75) is 23.9 Å². The minimum Gasteiger partial charge on any atom is -0.477 e. The molecular weight excluding hydrogens is 492 g/mol. The highest BCUT2D eigenvalue weighted by Crippen LogP contribution is 2.40. The Balaban J connectivity index is 1.62. The number of thioether (sulfide) groups is 1. The number of ketones is 1. The second-order valence-corrected chi connectivity index (χ2v) is 8.67. The zero-order chi connectivity index (χ0) is 22.5. The minimum absolute atomic E-state index is 0.0251. The van der Waals surface area contributed by atoms with Crippen LogP contribution in [0, 0.1) is 0 Å². The summed E-state index contributed by atoms with van der Waals surface area (Å²) in [6, 6.07) is 8.06. The third kappa shape index (κ3) is 5.35. The molecule has 3 atom stereocenters. The predicted molar refractivity (Wildman–Crippen MR) is 115 cm³/mol. The molecule has 2 heterocycles. The molecule has 0 spiro atoms. The van der Waals surface area contributed by atoms with Gasteiger partial charge in [0.25, 0.3) is 5.91 Å². The number of nitrogens with one attached hydrogen (secondary N) is 1. The molecule has 0 aliphatic carbocycles. The summed E-state index contributed by atoms with van der Waals surface area (Å²) in [6.07, 6.45) is -1.21. The van der Waals surface area contributed by atoms with Gasteiger partial charge in [-0.2, -0.15) is 0 Å². The van der Waals surface area contributed by atoms with Crippen LogP contribution < -0.4 is 5.32 Å². The Morgan fingerprint density at radius 1 is 1.29 bits per heavy atom. The van der Waals surface area contributed by atoms with Crippen molar-refractivity contribution in [1.29, 1.82) is 0 Å². The van der Waals surface area contributed by atoms with Crippen LogP contribution in [0.4, 0.5) is 0 Å². The fraction of sp³-hybridized carbons (Fsp3) is 0.400. The first kappa shape index (κ1) is 23.5. The van der Waals surface area contributed by atoms with Crippen LogP contribution in [0.1, 0.15) is 18.1 Å². The lowest BCUT2D eigenvalue weighted by atomic mass is 10.0. The number of carboxylic acid groups (broad SMARTS) is 1. The van der Waals surface area contributed by atoms with Crippen LogP contribution in [-0.2, 0) is 23.9 Å². The molecule has 2 aliphatic heterocycles. The minimum atomic E-state index is -1.26. The van der Waals surface area contributed by atoms with Crippen LogP contribution in [0.2, 0.25) is 0 Å². The van der Waals surface area contributed by atoms with Crippen LogP contribution >= 0.6 is 27.7 Å². The third-order valence-electron chi connectivity index (χ3n) is 4.81. The highest BCUT2D eigenvalue weighted by molar-refractivity contribution is 9.09. The predicted octanol–water partition coefficient (Wildman–Crippen LogP) is 0.829. The number of Topliss-reactive ketones (excluding diaryl/α,β-unsaturated/α-hetero) is 1. The average molecular weight is 513 g/mol. The zero-order valence-corrected chi connectivity index (χ0v) is 18.7. The number of aliphatic carboxylic acids is 1. The van der Waals surface area contributed by atoms with Gasteiger partial charge in [-0.3, -0.25) is 19.3 Å². The van der Waals surface area contributed by atoms with Crippen LogP contribution in [0.5, 0.6) is 0 Å². The van der Waals surface area contributed by atoms with E-state index in [1.165, 1.54) is 11.8 Å². The topological polar surface area (TPSA) is 133 Å². The van der Waals surface area contributed by atoms with E-state index in [1.54, 1.807) is 24.3 Å². The Morgan fingerprint density at radius 3 is 2.65 bits per heavy atom. The molecule has 3 N–H and O–H groups in total. The number of ether oxygens (including phenoxy) is 1. The Kier molecular flexibility index (Phi) is 7.87. The summed E-state index contributed by atoms with van der Waals surface area (Å²) < 4.78 is 5.53. The lowest BCUT2D eigenvalue weighted by Gasteiger charge is -2.49. The van der Waals surface area contributed by atoms with Gasteiger partial charge >= 0.3 is 5.97 Å². The van der Waals surface area contributed by atoms with E-state index >= 15 is 0 Å². The number of halogens is 1. The van der Waals surface area contributed by atoms with Crippen molar-refractivity contribution < 1.29 is 34.1 Å². The molecule has 1 aromatic carbocycles. The molecule has 166 valence electrons. The first-order chi connectivity index (χ1) is 14.8. The number of fused-ring (bicyclic) bond motifs is 1. The Labute approximate surface area is 190 Å². The SMILES string of the molecule is O=C(CBr)CC(=O)NC1C(=O)N2C(C(=O)O)=C(COCC(O)c3ccccc3)CS[C@@H]12. The standard InChI is InChI=1S/C20H21BrN2O7S/c21-7-13(24)6-15(26)22-16-18(27)23-17(20(28)29)12(10-31-19(16)23)8-30-9-14(25)11-4-2-1-3-5-11/h1-5,14,16,19,25H,6-10H2,(H,22,26)(H,28,29)/t14?,16?,19-/m0/s1. The van der Waals surface area contributed by atoms with E-state index in [-0.39, 0.29) is 36.4 Å². The van der Waals surface area contributed by atoms with Gasteiger partial charge in [0, 0.05) is 5.75 Å². The summed E-state index contributed by atoms with van der Waals surface area (Å²) >= 11 is 4.28. The lowest BCUT2D eigenvalue weighted by Crippen LogP contribution is -2.70.